The molecule has 200 valence electrons. The summed E-state index contributed by atoms with van der Waals surface area (Å²) in [5.74, 6) is 0.530. The van der Waals surface area contributed by atoms with Gasteiger partial charge in [0, 0.05) is 47.6 Å². The van der Waals surface area contributed by atoms with Crippen LogP contribution in [-0.4, -0.2) is 26.6 Å². The molecule has 7 heteroatoms. The van der Waals surface area contributed by atoms with Crippen LogP contribution in [0.1, 0.15) is 37.1 Å². The van der Waals surface area contributed by atoms with Crippen LogP contribution in [0.25, 0.3) is 22.4 Å². The molecule has 0 amide bonds. The van der Waals surface area contributed by atoms with Gasteiger partial charge >= 0.3 is 0 Å². The molecule has 3 aromatic heterocycles. The predicted octanol–water partition coefficient (Wildman–Crippen LogP) is 7.60. The molecular formula is C32H37N7. The molecule has 3 N–H and O–H groups in total. The normalized spacial score (nSPS) is 10.8. The third kappa shape index (κ3) is 6.44. The Morgan fingerprint density at radius 1 is 0.923 bits per heavy atom. The van der Waals surface area contributed by atoms with Crippen LogP contribution < -0.4 is 16.0 Å². The molecule has 0 saturated carbocycles. The number of aromatic nitrogens is 4. The number of nitrogens with one attached hydrogen (secondary N) is 3. The fraction of sp³-hybridized carbons (Fsp3) is 0.219. The van der Waals surface area contributed by atoms with Gasteiger partial charge < -0.3 is 20.5 Å². The molecule has 0 radical (unpaired) electrons. The third-order valence-corrected chi connectivity index (χ3v) is 6.49. The second-order valence-electron chi connectivity index (χ2n) is 10.1. The van der Waals surface area contributed by atoms with E-state index in [-0.39, 0.29) is 0 Å². The van der Waals surface area contributed by atoms with E-state index in [0.29, 0.717) is 11.6 Å². The number of benzene rings is 1. The van der Waals surface area contributed by atoms with Crippen molar-refractivity contribution in [1.82, 2.24) is 19.5 Å². The lowest BCUT2D eigenvalue weighted by atomic mass is 9.97. The zero-order valence-electron chi connectivity index (χ0n) is 23.5. The highest BCUT2D eigenvalue weighted by Gasteiger charge is 2.14. The predicted molar refractivity (Wildman–Crippen MR) is 164 cm³/mol. The van der Waals surface area contributed by atoms with Gasteiger partial charge in [0.05, 0.1) is 47.7 Å². The van der Waals surface area contributed by atoms with Gasteiger partial charge in [-0.05, 0) is 61.1 Å². The molecule has 4 aromatic rings. The van der Waals surface area contributed by atoms with Crippen LogP contribution in [0.4, 0.5) is 17.1 Å². The molecular weight excluding hydrogens is 482 g/mol. The van der Waals surface area contributed by atoms with Crippen LogP contribution in [0.15, 0.2) is 92.7 Å². The van der Waals surface area contributed by atoms with Crippen molar-refractivity contribution >= 4 is 22.6 Å². The highest BCUT2D eigenvalue weighted by molar-refractivity contribution is 5.89. The first-order chi connectivity index (χ1) is 18.7. The maximum absolute atomic E-state index is 4.46. The fourth-order valence-corrected chi connectivity index (χ4v) is 4.46. The van der Waals surface area contributed by atoms with Crippen molar-refractivity contribution in [2.45, 2.75) is 34.1 Å². The molecule has 0 saturated heterocycles. The maximum Gasteiger partial charge on any atom is 0.0995 e. The number of allylic oxidation sites excluding steroid dienone is 2. The SMILES string of the molecule is C=C(CC(C)C)Nc1cncc(-c2ccc(NC)c(C(=C)C(=C)Nc3cncc(-n4cnc(C)c4)c3C)c2)c1. The van der Waals surface area contributed by atoms with Crippen LogP contribution in [0.2, 0.25) is 0 Å². The number of aryl methyl sites for hydroxylation is 1. The summed E-state index contributed by atoms with van der Waals surface area (Å²) in [6, 6.07) is 8.33. The Balaban J connectivity index is 1.59. The minimum Gasteiger partial charge on any atom is -0.388 e. The number of imidazole rings is 1. The number of pyridine rings is 2. The average Bonchev–Trinajstić information content (AvgIpc) is 3.34. The van der Waals surface area contributed by atoms with Crippen molar-refractivity contribution in [1.29, 1.82) is 0 Å². The first-order valence-corrected chi connectivity index (χ1v) is 13.0. The number of nitrogens with zero attached hydrogens (tertiary/aromatic N) is 4. The van der Waals surface area contributed by atoms with Crippen LogP contribution >= 0.6 is 0 Å². The molecule has 0 aliphatic heterocycles. The Morgan fingerprint density at radius 3 is 2.38 bits per heavy atom. The zero-order valence-corrected chi connectivity index (χ0v) is 23.5. The van der Waals surface area contributed by atoms with E-state index in [4.69, 9.17) is 0 Å². The van der Waals surface area contributed by atoms with Crippen molar-refractivity contribution in [3.8, 4) is 16.8 Å². The lowest BCUT2D eigenvalue weighted by molar-refractivity contribution is 0.645. The lowest BCUT2D eigenvalue weighted by Crippen LogP contribution is -2.06. The van der Waals surface area contributed by atoms with Gasteiger partial charge in [-0.3, -0.25) is 9.97 Å². The first-order valence-electron chi connectivity index (χ1n) is 13.0. The van der Waals surface area contributed by atoms with Crippen LogP contribution in [-0.2, 0) is 0 Å². The second kappa shape index (κ2) is 11.8. The van der Waals surface area contributed by atoms with Gasteiger partial charge in [-0.25, -0.2) is 4.98 Å². The summed E-state index contributed by atoms with van der Waals surface area (Å²) in [5.41, 5.74) is 11.1. The molecule has 7 nitrogen and oxygen atoms in total. The summed E-state index contributed by atoms with van der Waals surface area (Å²) < 4.78 is 1.97. The number of hydrogen-bond donors (Lipinski definition) is 3. The van der Waals surface area contributed by atoms with Gasteiger partial charge in [-0.2, -0.15) is 0 Å². The topological polar surface area (TPSA) is 79.7 Å². The average molecular weight is 520 g/mol. The summed E-state index contributed by atoms with van der Waals surface area (Å²) in [4.78, 5) is 13.2. The Morgan fingerprint density at radius 2 is 1.69 bits per heavy atom. The fourth-order valence-electron chi connectivity index (χ4n) is 4.46. The smallest absolute Gasteiger partial charge is 0.0995 e. The molecule has 1 aromatic carbocycles. The molecule has 0 atom stereocenters. The molecule has 0 unspecified atom stereocenters. The van der Waals surface area contributed by atoms with E-state index >= 15 is 0 Å². The monoisotopic (exact) mass is 519 g/mol. The third-order valence-electron chi connectivity index (χ3n) is 6.49. The van der Waals surface area contributed by atoms with Gasteiger partial charge in [0.2, 0.25) is 0 Å². The standard InChI is InChI=1S/C32H37N7/c1-20(2)11-21(3)37-28-12-27(14-34-15-28)26-9-10-30(33-8)29(13-26)23(5)25(7)38-31-16-35-17-32(24(31)6)39-18-22(4)36-19-39/h9-10,12-20,33,37-38H,3,5,7,11H2,1-2,4,6,8H3. The van der Waals surface area contributed by atoms with Gasteiger partial charge in [-0.1, -0.05) is 39.7 Å². The van der Waals surface area contributed by atoms with E-state index in [9.17, 15) is 0 Å². The van der Waals surface area contributed by atoms with Crippen molar-refractivity contribution in [2.24, 2.45) is 5.92 Å². The Hall–Kier alpha value is -4.65. The Labute approximate surface area is 231 Å². The molecule has 0 bridgehead atoms. The number of rotatable bonds is 11. The quantitative estimate of drug-likeness (QED) is 0.177. The van der Waals surface area contributed by atoms with Crippen LogP contribution in [0, 0.1) is 19.8 Å². The van der Waals surface area contributed by atoms with Crippen molar-refractivity contribution in [3.63, 3.8) is 0 Å². The largest absolute Gasteiger partial charge is 0.388 e. The second-order valence-corrected chi connectivity index (χ2v) is 10.1. The zero-order chi connectivity index (χ0) is 28.1. The van der Waals surface area contributed by atoms with E-state index < -0.39 is 0 Å². The highest BCUT2D eigenvalue weighted by Crippen LogP contribution is 2.34. The van der Waals surface area contributed by atoms with E-state index in [1.54, 1.807) is 12.5 Å². The lowest BCUT2D eigenvalue weighted by Gasteiger charge is -2.19. The molecule has 0 aliphatic rings. The van der Waals surface area contributed by atoms with Crippen molar-refractivity contribution < 1.29 is 0 Å². The molecule has 0 fully saturated rings. The highest BCUT2D eigenvalue weighted by atomic mass is 15.1. The molecule has 0 spiro atoms. The molecule has 3 heterocycles. The summed E-state index contributed by atoms with van der Waals surface area (Å²) in [6.45, 7) is 21.2. The Bertz CT molecular complexity index is 1530. The van der Waals surface area contributed by atoms with Crippen molar-refractivity contribution in [2.75, 3.05) is 23.0 Å². The summed E-state index contributed by atoms with van der Waals surface area (Å²) in [7, 11) is 1.90. The molecule has 4 rings (SSSR count). The van der Waals surface area contributed by atoms with Crippen molar-refractivity contribution in [3.05, 3.63) is 110 Å². The summed E-state index contributed by atoms with van der Waals surface area (Å²) in [5, 5.41) is 10.1. The summed E-state index contributed by atoms with van der Waals surface area (Å²) >= 11 is 0. The molecule has 39 heavy (non-hydrogen) atoms. The van der Waals surface area contributed by atoms with Crippen LogP contribution in [0.3, 0.4) is 0 Å². The number of anilines is 3. The van der Waals surface area contributed by atoms with Gasteiger partial charge in [0.25, 0.3) is 0 Å². The first kappa shape index (κ1) is 27.4. The number of hydrogen-bond acceptors (Lipinski definition) is 6. The van der Waals surface area contributed by atoms with E-state index in [0.717, 1.165) is 68.4 Å². The molecule has 0 aliphatic carbocycles. The van der Waals surface area contributed by atoms with Gasteiger partial charge in [0.15, 0.2) is 0 Å². The minimum absolute atomic E-state index is 0.530. The van der Waals surface area contributed by atoms with E-state index in [1.165, 1.54) is 0 Å². The van der Waals surface area contributed by atoms with Gasteiger partial charge in [0.1, 0.15) is 0 Å². The minimum atomic E-state index is 0.530. The van der Waals surface area contributed by atoms with Crippen LogP contribution in [0.5, 0.6) is 0 Å². The van der Waals surface area contributed by atoms with Gasteiger partial charge in [-0.15, -0.1) is 0 Å². The Kier molecular flexibility index (Phi) is 8.30. The summed E-state index contributed by atoms with van der Waals surface area (Å²) in [6.07, 6.45) is 12.0. The van der Waals surface area contributed by atoms with E-state index in [1.807, 2.05) is 50.2 Å². The van der Waals surface area contributed by atoms with E-state index in [2.05, 4.69) is 88.8 Å². The maximum atomic E-state index is 4.46.